The van der Waals surface area contributed by atoms with Gasteiger partial charge in [-0.1, -0.05) is 5.16 Å². The molecule has 0 radical (unpaired) electrons. The lowest BCUT2D eigenvalue weighted by Gasteiger charge is -2.25. The van der Waals surface area contributed by atoms with Gasteiger partial charge in [-0.25, -0.2) is 0 Å². The number of hydrogen-bond donors (Lipinski definition) is 1. The van der Waals surface area contributed by atoms with E-state index in [1.807, 2.05) is 13.8 Å². The first kappa shape index (κ1) is 14.0. The van der Waals surface area contributed by atoms with E-state index >= 15 is 0 Å². The van der Waals surface area contributed by atoms with Crippen molar-refractivity contribution in [3.63, 3.8) is 0 Å². The van der Waals surface area contributed by atoms with Crippen LogP contribution in [0, 0.1) is 0 Å². The minimum absolute atomic E-state index is 0.109. The first-order chi connectivity index (χ1) is 9.61. The fourth-order valence-electron chi connectivity index (χ4n) is 3.20. The van der Waals surface area contributed by atoms with Crippen LogP contribution in [0.25, 0.3) is 0 Å². The van der Waals surface area contributed by atoms with Crippen LogP contribution in [0.15, 0.2) is 4.52 Å². The number of ether oxygens (including phenoxy) is 2. The molecule has 1 aliphatic carbocycles. The lowest BCUT2D eigenvalue weighted by molar-refractivity contribution is -0.0469. The Bertz CT molecular complexity index is 470. The van der Waals surface area contributed by atoms with Crippen LogP contribution in [-0.2, 0) is 20.5 Å². The third kappa shape index (κ3) is 2.06. The molecule has 6 nitrogen and oxygen atoms in total. The quantitative estimate of drug-likeness (QED) is 0.900. The van der Waals surface area contributed by atoms with E-state index in [0.29, 0.717) is 31.5 Å². The van der Waals surface area contributed by atoms with Gasteiger partial charge in [0.2, 0.25) is 11.7 Å². The summed E-state index contributed by atoms with van der Waals surface area (Å²) < 4.78 is 16.9. The second kappa shape index (κ2) is 5.09. The van der Waals surface area contributed by atoms with Crippen molar-refractivity contribution in [2.75, 3.05) is 19.8 Å². The van der Waals surface area contributed by atoms with E-state index in [1.54, 1.807) is 0 Å². The molecule has 1 aliphatic heterocycles. The maximum absolute atomic E-state index is 6.12. The molecular weight excluding hydrogens is 258 g/mol. The minimum Gasteiger partial charge on any atom is -0.379 e. The molecule has 2 N–H and O–H groups in total. The average Bonchev–Trinajstić information content (AvgIpc) is 3.12. The standard InChI is InChI=1S/C14H23N3O3/c1-3-19-14(6-4-5-7-14)11-16-12(20-17-11)13(2)9-18-8-10(13)15/h10H,3-9,15H2,1-2H3. The van der Waals surface area contributed by atoms with Gasteiger partial charge in [0.25, 0.3) is 0 Å². The van der Waals surface area contributed by atoms with Crippen molar-refractivity contribution in [1.82, 2.24) is 10.1 Å². The molecule has 3 rings (SSSR count). The van der Waals surface area contributed by atoms with E-state index in [2.05, 4.69) is 10.1 Å². The highest BCUT2D eigenvalue weighted by molar-refractivity contribution is 5.14. The van der Waals surface area contributed by atoms with Gasteiger partial charge in [0.1, 0.15) is 5.60 Å². The maximum atomic E-state index is 6.12. The Morgan fingerprint density at radius 1 is 1.40 bits per heavy atom. The third-order valence-corrected chi connectivity index (χ3v) is 4.67. The molecule has 0 spiro atoms. The molecule has 2 atom stereocenters. The molecule has 112 valence electrons. The molecule has 2 heterocycles. The monoisotopic (exact) mass is 281 g/mol. The van der Waals surface area contributed by atoms with Crippen molar-refractivity contribution in [3.8, 4) is 0 Å². The van der Waals surface area contributed by atoms with Crippen molar-refractivity contribution in [3.05, 3.63) is 11.7 Å². The van der Waals surface area contributed by atoms with Gasteiger partial charge in [-0.15, -0.1) is 0 Å². The van der Waals surface area contributed by atoms with Crippen LogP contribution in [0.3, 0.4) is 0 Å². The van der Waals surface area contributed by atoms with Crippen LogP contribution < -0.4 is 5.73 Å². The molecule has 0 bridgehead atoms. The zero-order valence-electron chi connectivity index (χ0n) is 12.2. The lowest BCUT2D eigenvalue weighted by Crippen LogP contribution is -2.42. The van der Waals surface area contributed by atoms with Crippen molar-refractivity contribution in [2.24, 2.45) is 5.73 Å². The molecule has 1 saturated carbocycles. The molecule has 2 aliphatic rings. The molecule has 1 aromatic heterocycles. The molecule has 0 amide bonds. The number of nitrogens with zero attached hydrogens (tertiary/aromatic N) is 2. The Balaban J connectivity index is 1.89. The van der Waals surface area contributed by atoms with E-state index in [9.17, 15) is 0 Å². The average molecular weight is 281 g/mol. The Labute approximate surface area is 119 Å². The molecule has 20 heavy (non-hydrogen) atoms. The van der Waals surface area contributed by atoms with Crippen LogP contribution in [-0.4, -0.2) is 36.0 Å². The van der Waals surface area contributed by atoms with Crippen LogP contribution in [0.4, 0.5) is 0 Å². The summed E-state index contributed by atoms with van der Waals surface area (Å²) in [6.07, 6.45) is 4.20. The molecule has 2 unspecified atom stereocenters. The number of hydrogen-bond acceptors (Lipinski definition) is 6. The molecule has 2 fully saturated rings. The van der Waals surface area contributed by atoms with Crippen molar-refractivity contribution < 1.29 is 14.0 Å². The lowest BCUT2D eigenvalue weighted by atomic mass is 9.85. The summed E-state index contributed by atoms with van der Waals surface area (Å²) in [4.78, 5) is 4.62. The zero-order valence-corrected chi connectivity index (χ0v) is 12.2. The highest BCUT2D eigenvalue weighted by Crippen LogP contribution is 2.41. The van der Waals surface area contributed by atoms with E-state index < -0.39 is 5.41 Å². The third-order valence-electron chi connectivity index (χ3n) is 4.67. The second-order valence-electron chi connectivity index (χ2n) is 6.10. The van der Waals surface area contributed by atoms with Gasteiger partial charge in [-0.3, -0.25) is 0 Å². The van der Waals surface area contributed by atoms with Crippen molar-refractivity contribution in [1.29, 1.82) is 0 Å². The summed E-state index contributed by atoms with van der Waals surface area (Å²) in [5.41, 5.74) is 5.36. The van der Waals surface area contributed by atoms with Crippen LogP contribution in [0.1, 0.15) is 51.2 Å². The SMILES string of the molecule is CCOC1(c2noc(C3(C)COCC3N)n2)CCCC1. The summed E-state index contributed by atoms with van der Waals surface area (Å²) in [7, 11) is 0. The summed E-state index contributed by atoms with van der Waals surface area (Å²) in [6, 6.07) is -0.109. The Kier molecular flexibility index (Phi) is 3.56. The van der Waals surface area contributed by atoms with Crippen molar-refractivity contribution in [2.45, 2.75) is 56.6 Å². The van der Waals surface area contributed by atoms with Crippen LogP contribution in [0.5, 0.6) is 0 Å². The van der Waals surface area contributed by atoms with Crippen molar-refractivity contribution >= 4 is 0 Å². The van der Waals surface area contributed by atoms with E-state index in [1.165, 1.54) is 0 Å². The fourth-order valence-corrected chi connectivity index (χ4v) is 3.20. The Morgan fingerprint density at radius 3 is 2.75 bits per heavy atom. The first-order valence-corrected chi connectivity index (χ1v) is 7.43. The van der Waals surface area contributed by atoms with Gasteiger partial charge >= 0.3 is 0 Å². The van der Waals surface area contributed by atoms with E-state index in [-0.39, 0.29) is 11.6 Å². The predicted molar refractivity (Wildman–Crippen MR) is 72.2 cm³/mol. The number of rotatable bonds is 4. The molecule has 1 saturated heterocycles. The van der Waals surface area contributed by atoms with Gasteiger partial charge < -0.3 is 19.7 Å². The van der Waals surface area contributed by atoms with Gasteiger partial charge in [-0.05, 0) is 39.5 Å². The van der Waals surface area contributed by atoms with Gasteiger partial charge in [-0.2, -0.15) is 4.98 Å². The largest absolute Gasteiger partial charge is 0.379 e. The minimum atomic E-state index is -0.392. The Hall–Kier alpha value is -0.980. The van der Waals surface area contributed by atoms with Crippen LogP contribution in [0.2, 0.25) is 0 Å². The predicted octanol–water partition coefficient (Wildman–Crippen LogP) is 1.49. The van der Waals surface area contributed by atoms with E-state index in [0.717, 1.165) is 25.7 Å². The smallest absolute Gasteiger partial charge is 0.236 e. The molecule has 1 aromatic rings. The van der Waals surface area contributed by atoms with Gasteiger partial charge in [0.15, 0.2) is 0 Å². The summed E-state index contributed by atoms with van der Waals surface area (Å²) in [6.45, 7) is 5.74. The summed E-state index contributed by atoms with van der Waals surface area (Å²) in [5.74, 6) is 1.25. The molecular formula is C14H23N3O3. The topological polar surface area (TPSA) is 83.4 Å². The second-order valence-corrected chi connectivity index (χ2v) is 6.10. The van der Waals surface area contributed by atoms with E-state index in [4.69, 9.17) is 19.7 Å². The molecule has 0 aromatic carbocycles. The normalized spacial score (nSPS) is 32.9. The highest BCUT2D eigenvalue weighted by Gasteiger charge is 2.47. The number of aromatic nitrogens is 2. The fraction of sp³-hybridized carbons (Fsp3) is 0.857. The number of nitrogens with two attached hydrogens (primary N) is 1. The first-order valence-electron chi connectivity index (χ1n) is 7.43. The van der Waals surface area contributed by atoms with Gasteiger partial charge in [0.05, 0.1) is 18.6 Å². The van der Waals surface area contributed by atoms with Gasteiger partial charge in [0, 0.05) is 12.6 Å². The van der Waals surface area contributed by atoms with Crippen LogP contribution >= 0.6 is 0 Å². The molecule has 6 heteroatoms. The zero-order chi connectivity index (χ0) is 14.2. The summed E-state index contributed by atoms with van der Waals surface area (Å²) >= 11 is 0. The highest BCUT2D eigenvalue weighted by atomic mass is 16.5. The maximum Gasteiger partial charge on any atom is 0.236 e. The Morgan fingerprint density at radius 2 is 2.15 bits per heavy atom. The summed E-state index contributed by atoms with van der Waals surface area (Å²) in [5, 5.41) is 4.19.